The van der Waals surface area contributed by atoms with Gasteiger partial charge >= 0.3 is 0 Å². The van der Waals surface area contributed by atoms with Crippen molar-refractivity contribution in [2.24, 2.45) is 0 Å². The molecule has 2 aromatic heterocycles. The fourth-order valence-corrected chi connectivity index (χ4v) is 4.61. The largest absolute Gasteiger partial charge is 0.356 e. The van der Waals surface area contributed by atoms with Gasteiger partial charge in [0.1, 0.15) is 21.9 Å². The van der Waals surface area contributed by atoms with Crippen molar-refractivity contribution in [2.45, 2.75) is 38.0 Å². The van der Waals surface area contributed by atoms with Crippen LogP contribution in [0.4, 0.5) is 8.78 Å². The van der Waals surface area contributed by atoms with E-state index in [2.05, 4.69) is 30.8 Å². The van der Waals surface area contributed by atoms with E-state index in [1.807, 2.05) is 45.0 Å². The van der Waals surface area contributed by atoms with Crippen molar-refractivity contribution in [1.82, 2.24) is 14.9 Å². The molecule has 0 saturated heterocycles. The Hall–Kier alpha value is -2.49. The van der Waals surface area contributed by atoms with Crippen LogP contribution in [0.1, 0.15) is 38.1 Å². The molecule has 2 heterocycles. The maximum Gasteiger partial charge on any atom is 0.167 e. The van der Waals surface area contributed by atoms with E-state index in [9.17, 15) is 13.0 Å². The van der Waals surface area contributed by atoms with Crippen molar-refractivity contribution in [3.8, 4) is 11.3 Å². The Bertz CT molecular complexity index is 1340. The summed E-state index contributed by atoms with van der Waals surface area (Å²) in [6.07, 6.45) is 0.133. The van der Waals surface area contributed by atoms with E-state index in [1.54, 1.807) is 0 Å². The maximum atomic E-state index is 14.6. The van der Waals surface area contributed by atoms with Crippen molar-refractivity contribution >= 4 is 37.9 Å². The average molecular weight is 534 g/mol. The zero-order valence-electron chi connectivity index (χ0n) is 18.2. The minimum Gasteiger partial charge on any atom is -0.356 e. The van der Waals surface area contributed by atoms with Crippen molar-refractivity contribution < 1.29 is 17.5 Å². The van der Waals surface area contributed by atoms with Crippen LogP contribution in [-0.4, -0.2) is 19.1 Å². The predicted molar refractivity (Wildman–Crippen MR) is 129 cm³/mol. The number of nitrogens with one attached hydrogen (secondary N) is 1. The molecule has 9 heteroatoms. The zero-order valence-corrected chi connectivity index (χ0v) is 20.6. The molecule has 0 fully saturated rings. The molecule has 4 aromatic rings. The highest BCUT2D eigenvalue weighted by atomic mass is 79.9. The molecule has 0 amide bonds. The summed E-state index contributed by atoms with van der Waals surface area (Å²) in [5, 5.41) is 4.69. The van der Waals surface area contributed by atoms with Crippen LogP contribution in [0.5, 0.6) is 0 Å². The molecule has 0 aliphatic heterocycles. The molecule has 2 aromatic carbocycles. The smallest absolute Gasteiger partial charge is 0.167 e. The number of nitrogens with zero attached hydrogens (tertiary/aromatic N) is 2. The normalized spacial score (nSPS) is 13.9. The van der Waals surface area contributed by atoms with Crippen molar-refractivity contribution in [3.05, 3.63) is 82.1 Å². The SMILES string of the molecule is CC(C)(C)[S@](=O)N[C@@H](Cc1nc(Br)ccc1F)c1ccccc1-c1noc2ccc(F)cc12. The average Bonchev–Trinajstić information content (AvgIpc) is 3.18. The summed E-state index contributed by atoms with van der Waals surface area (Å²) in [7, 11) is -1.46. The Labute approximate surface area is 201 Å². The Morgan fingerprint density at radius 2 is 1.88 bits per heavy atom. The molecule has 1 N–H and O–H groups in total. The Morgan fingerprint density at radius 1 is 1.12 bits per heavy atom. The van der Waals surface area contributed by atoms with Gasteiger partial charge in [-0.15, -0.1) is 0 Å². The molecule has 0 aliphatic carbocycles. The lowest BCUT2D eigenvalue weighted by molar-refractivity contribution is 0.459. The molecular formula is C24H22BrF2N3O2S. The number of fused-ring (bicyclic) bond motifs is 1. The molecule has 0 bridgehead atoms. The van der Waals surface area contributed by atoms with E-state index in [-0.39, 0.29) is 12.1 Å². The Balaban J connectivity index is 1.84. The van der Waals surface area contributed by atoms with E-state index in [4.69, 9.17) is 4.52 Å². The second-order valence-corrected chi connectivity index (χ2v) is 11.4. The van der Waals surface area contributed by atoms with Gasteiger partial charge in [0.15, 0.2) is 5.58 Å². The van der Waals surface area contributed by atoms with E-state index in [0.29, 0.717) is 26.8 Å². The van der Waals surface area contributed by atoms with E-state index in [0.717, 1.165) is 5.56 Å². The van der Waals surface area contributed by atoms with Gasteiger partial charge in [0.05, 0.1) is 32.9 Å². The minimum atomic E-state index is -1.46. The Morgan fingerprint density at radius 3 is 2.64 bits per heavy atom. The number of aromatic nitrogens is 2. The lowest BCUT2D eigenvalue weighted by Gasteiger charge is -2.26. The van der Waals surface area contributed by atoms with Gasteiger partial charge in [-0.1, -0.05) is 29.4 Å². The monoisotopic (exact) mass is 533 g/mol. The molecule has 4 rings (SSSR count). The van der Waals surface area contributed by atoms with Crippen LogP contribution in [0.3, 0.4) is 0 Å². The van der Waals surface area contributed by atoms with Crippen LogP contribution in [0.25, 0.3) is 22.2 Å². The molecule has 0 unspecified atom stereocenters. The first-order valence-electron chi connectivity index (χ1n) is 10.3. The molecule has 0 aliphatic rings. The van der Waals surface area contributed by atoms with Gasteiger partial charge in [-0.3, -0.25) is 0 Å². The van der Waals surface area contributed by atoms with Crippen LogP contribution >= 0.6 is 15.9 Å². The summed E-state index contributed by atoms with van der Waals surface area (Å²) in [4.78, 5) is 4.28. The lowest BCUT2D eigenvalue weighted by Crippen LogP contribution is -2.37. The molecule has 2 atom stereocenters. The molecule has 0 radical (unpaired) electrons. The van der Waals surface area contributed by atoms with Gasteiger partial charge in [-0.25, -0.2) is 22.7 Å². The fourth-order valence-electron chi connectivity index (χ4n) is 3.44. The van der Waals surface area contributed by atoms with E-state index in [1.165, 1.54) is 30.3 Å². The predicted octanol–water partition coefficient (Wildman–Crippen LogP) is 6.27. The fraction of sp³-hybridized carbons (Fsp3) is 0.250. The van der Waals surface area contributed by atoms with E-state index >= 15 is 0 Å². The van der Waals surface area contributed by atoms with Gasteiger partial charge in [0.25, 0.3) is 0 Å². The van der Waals surface area contributed by atoms with Gasteiger partial charge < -0.3 is 4.52 Å². The number of hydrogen-bond acceptors (Lipinski definition) is 4. The highest BCUT2D eigenvalue weighted by Gasteiger charge is 2.27. The van der Waals surface area contributed by atoms with Gasteiger partial charge in [0.2, 0.25) is 0 Å². The molecule has 33 heavy (non-hydrogen) atoms. The molecule has 5 nitrogen and oxygen atoms in total. The number of hydrogen-bond donors (Lipinski definition) is 1. The summed E-state index contributed by atoms with van der Waals surface area (Å²) >= 11 is 3.29. The number of pyridine rings is 1. The maximum absolute atomic E-state index is 14.6. The van der Waals surface area contributed by atoms with E-state index < -0.39 is 33.4 Å². The highest BCUT2D eigenvalue weighted by molar-refractivity contribution is 9.10. The van der Waals surface area contributed by atoms with Crippen LogP contribution in [-0.2, 0) is 17.4 Å². The summed E-state index contributed by atoms with van der Waals surface area (Å²) in [6, 6.07) is 13.8. The van der Waals surface area contributed by atoms with Crippen molar-refractivity contribution in [1.29, 1.82) is 0 Å². The van der Waals surface area contributed by atoms with Crippen LogP contribution in [0.15, 0.2) is 63.7 Å². The standard InChI is InChI=1S/C24H22BrF2N3O2S/c1-24(2,3)33(31)30-19(13-20-18(27)9-11-22(25)28-20)15-6-4-5-7-16(15)23-17-12-14(26)8-10-21(17)32-29-23/h4-12,19,30H,13H2,1-3H3/t19-,33-/m0/s1. The first-order chi connectivity index (χ1) is 15.6. The summed E-state index contributed by atoms with van der Waals surface area (Å²) in [5.41, 5.74) is 2.51. The second kappa shape index (κ2) is 9.40. The third kappa shape index (κ3) is 5.20. The van der Waals surface area contributed by atoms with Gasteiger partial charge in [-0.05, 0) is 72.6 Å². The summed E-state index contributed by atoms with van der Waals surface area (Å²) in [5.74, 6) is -0.869. The number of benzene rings is 2. The van der Waals surface area contributed by atoms with Crippen LogP contribution < -0.4 is 4.72 Å². The first kappa shape index (κ1) is 23.7. The molecular weight excluding hydrogens is 512 g/mol. The molecule has 172 valence electrons. The number of halogens is 3. The zero-order chi connectivity index (χ0) is 23.8. The summed E-state index contributed by atoms with van der Waals surface area (Å²) < 4.78 is 50.1. The van der Waals surface area contributed by atoms with Crippen LogP contribution in [0, 0.1) is 11.6 Å². The summed E-state index contributed by atoms with van der Waals surface area (Å²) in [6.45, 7) is 5.56. The number of rotatable bonds is 6. The van der Waals surface area contributed by atoms with Gasteiger partial charge in [-0.2, -0.15) is 0 Å². The quantitative estimate of drug-likeness (QED) is 0.297. The lowest BCUT2D eigenvalue weighted by atomic mass is 9.94. The second-order valence-electron chi connectivity index (χ2n) is 8.58. The first-order valence-corrected chi connectivity index (χ1v) is 12.2. The highest BCUT2D eigenvalue weighted by Crippen LogP contribution is 2.35. The third-order valence-corrected chi connectivity index (χ3v) is 7.16. The molecule has 0 spiro atoms. The van der Waals surface area contributed by atoms with Crippen molar-refractivity contribution in [3.63, 3.8) is 0 Å². The molecule has 0 saturated carbocycles. The van der Waals surface area contributed by atoms with Gasteiger partial charge in [0, 0.05) is 12.0 Å². The third-order valence-electron chi connectivity index (χ3n) is 5.11. The van der Waals surface area contributed by atoms with Crippen molar-refractivity contribution in [2.75, 3.05) is 0 Å². The topological polar surface area (TPSA) is 68.0 Å². The Kier molecular flexibility index (Phi) is 6.74. The van der Waals surface area contributed by atoms with Crippen LogP contribution in [0.2, 0.25) is 0 Å². The minimum absolute atomic E-state index is 0.133.